The lowest BCUT2D eigenvalue weighted by Crippen LogP contribution is -2.39. The molecule has 0 spiro atoms. The Morgan fingerprint density at radius 2 is 2.17 bits per heavy atom. The molecule has 2 heterocycles. The molecule has 1 aliphatic rings. The van der Waals surface area contributed by atoms with Gasteiger partial charge in [0.25, 0.3) is 0 Å². The molecular formula is C18H17N3O2S. The summed E-state index contributed by atoms with van der Waals surface area (Å²) in [6.07, 6.45) is 0.792. The molecule has 0 aliphatic carbocycles. The van der Waals surface area contributed by atoms with E-state index in [1.807, 2.05) is 35.7 Å². The van der Waals surface area contributed by atoms with E-state index in [2.05, 4.69) is 11.1 Å². The number of ketones is 1. The molecule has 24 heavy (non-hydrogen) atoms. The van der Waals surface area contributed by atoms with Gasteiger partial charge in [-0.1, -0.05) is 30.3 Å². The Labute approximate surface area is 144 Å². The summed E-state index contributed by atoms with van der Waals surface area (Å²) in [5, 5.41) is 11.8. The second-order valence-corrected chi connectivity index (χ2v) is 6.80. The number of likely N-dealkylation sites (tertiary alicyclic amines) is 1. The summed E-state index contributed by atoms with van der Waals surface area (Å²) < 4.78 is 0. The zero-order valence-electron chi connectivity index (χ0n) is 13.3. The first-order valence-corrected chi connectivity index (χ1v) is 8.66. The predicted octanol–water partition coefficient (Wildman–Crippen LogP) is 2.85. The van der Waals surface area contributed by atoms with Gasteiger partial charge in [-0.3, -0.25) is 9.59 Å². The molecule has 1 saturated heterocycles. The zero-order chi connectivity index (χ0) is 17.1. The first-order valence-electron chi connectivity index (χ1n) is 7.78. The van der Waals surface area contributed by atoms with E-state index in [4.69, 9.17) is 0 Å². The summed E-state index contributed by atoms with van der Waals surface area (Å²) in [5.41, 5.74) is 1.72. The number of nitriles is 1. The van der Waals surface area contributed by atoms with Crippen molar-refractivity contribution in [3.8, 4) is 17.3 Å². The third kappa shape index (κ3) is 3.22. The molecule has 1 aromatic heterocycles. The quantitative estimate of drug-likeness (QED) is 0.858. The van der Waals surface area contributed by atoms with Crippen molar-refractivity contribution < 1.29 is 9.59 Å². The fourth-order valence-corrected chi connectivity index (χ4v) is 3.70. The van der Waals surface area contributed by atoms with Gasteiger partial charge in [0.1, 0.15) is 5.01 Å². The number of rotatable bonds is 4. The number of aromatic nitrogens is 1. The van der Waals surface area contributed by atoms with Crippen LogP contribution in [0.5, 0.6) is 0 Å². The minimum Gasteiger partial charge on any atom is -0.346 e. The van der Waals surface area contributed by atoms with Gasteiger partial charge in [-0.05, 0) is 6.42 Å². The van der Waals surface area contributed by atoms with Crippen LogP contribution in [0.2, 0.25) is 0 Å². The van der Waals surface area contributed by atoms with E-state index >= 15 is 0 Å². The van der Waals surface area contributed by atoms with Gasteiger partial charge in [0.15, 0.2) is 11.7 Å². The van der Waals surface area contributed by atoms with Crippen LogP contribution in [-0.2, 0) is 9.59 Å². The summed E-state index contributed by atoms with van der Waals surface area (Å²) in [6, 6.07) is 11.7. The molecule has 0 unspecified atom stereocenters. The number of Topliss-reactive ketones (excluding diaryl/α,β-unsaturated/α-hetero) is 1. The molecule has 1 amide bonds. The molecule has 1 aliphatic heterocycles. The number of benzene rings is 1. The van der Waals surface area contributed by atoms with E-state index in [1.54, 1.807) is 11.9 Å². The monoisotopic (exact) mass is 339 g/mol. The summed E-state index contributed by atoms with van der Waals surface area (Å²) >= 11 is 1.32. The Bertz CT molecular complexity index is 794. The van der Waals surface area contributed by atoms with Crippen LogP contribution < -0.4 is 0 Å². The van der Waals surface area contributed by atoms with Crippen LogP contribution in [0.15, 0.2) is 35.7 Å². The maximum atomic E-state index is 12.7. The summed E-state index contributed by atoms with van der Waals surface area (Å²) in [7, 11) is 1.73. The zero-order valence-corrected chi connectivity index (χ0v) is 14.1. The van der Waals surface area contributed by atoms with E-state index < -0.39 is 5.92 Å². The van der Waals surface area contributed by atoms with Gasteiger partial charge in [-0.15, -0.1) is 11.3 Å². The largest absolute Gasteiger partial charge is 0.346 e. The molecule has 1 fully saturated rings. The number of amides is 1. The first-order chi connectivity index (χ1) is 11.6. The summed E-state index contributed by atoms with van der Waals surface area (Å²) in [6.45, 7) is 0.556. The smallest absolute Gasteiger partial charge is 0.223 e. The molecular weight excluding hydrogens is 322 g/mol. The predicted molar refractivity (Wildman–Crippen MR) is 91.3 cm³/mol. The molecule has 2 aromatic rings. The molecule has 0 saturated carbocycles. The van der Waals surface area contributed by atoms with Gasteiger partial charge < -0.3 is 4.90 Å². The molecule has 5 nitrogen and oxygen atoms in total. The lowest BCUT2D eigenvalue weighted by Gasteiger charge is -2.28. The van der Waals surface area contributed by atoms with Crippen LogP contribution in [-0.4, -0.2) is 35.2 Å². The minimum absolute atomic E-state index is 0.0413. The van der Waals surface area contributed by atoms with E-state index in [-0.39, 0.29) is 24.0 Å². The molecule has 1 aromatic carbocycles. The molecule has 0 bridgehead atoms. The minimum atomic E-state index is -0.895. The summed E-state index contributed by atoms with van der Waals surface area (Å²) in [5.74, 6) is -1.51. The van der Waals surface area contributed by atoms with Gasteiger partial charge in [-0.2, -0.15) is 5.26 Å². The standard InChI is InChI=1S/C18H17N3O2S/c1-21-8-7-13(9-16(21)22)17(23)14(10-19)18-20-15(11-24-18)12-5-3-2-4-6-12/h2-6,11,13-14H,7-9H2,1H3/t13-,14+/m1/s1. The average Bonchev–Trinajstić information content (AvgIpc) is 3.08. The second-order valence-electron chi connectivity index (χ2n) is 5.91. The van der Waals surface area contributed by atoms with Gasteiger partial charge in [0, 0.05) is 36.9 Å². The lowest BCUT2D eigenvalue weighted by molar-refractivity contribution is -0.138. The highest BCUT2D eigenvalue weighted by Gasteiger charge is 2.35. The lowest BCUT2D eigenvalue weighted by atomic mass is 9.86. The fraction of sp³-hybridized carbons (Fsp3) is 0.333. The highest BCUT2D eigenvalue weighted by atomic mass is 32.1. The van der Waals surface area contributed by atoms with Gasteiger partial charge in [0.05, 0.1) is 11.8 Å². The van der Waals surface area contributed by atoms with Gasteiger partial charge >= 0.3 is 0 Å². The van der Waals surface area contributed by atoms with Gasteiger partial charge in [-0.25, -0.2) is 4.98 Å². The highest BCUT2D eigenvalue weighted by molar-refractivity contribution is 7.10. The van der Waals surface area contributed by atoms with Gasteiger partial charge in [0.2, 0.25) is 5.91 Å². The fourth-order valence-electron chi connectivity index (χ4n) is 2.82. The normalized spacial score (nSPS) is 18.9. The number of hydrogen-bond donors (Lipinski definition) is 0. The maximum Gasteiger partial charge on any atom is 0.223 e. The number of carbonyl (C=O) groups is 2. The molecule has 122 valence electrons. The Morgan fingerprint density at radius 3 is 2.83 bits per heavy atom. The van der Waals surface area contributed by atoms with Crippen LogP contribution in [0.1, 0.15) is 23.8 Å². The topological polar surface area (TPSA) is 74.1 Å². The van der Waals surface area contributed by atoms with Crippen LogP contribution in [0.3, 0.4) is 0 Å². The third-order valence-corrected chi connectivity index (χ3v) is 5.22. The Hall–Kier alpha value is -2.52. The second kappa shape index (κ2) is 6.93. The van der Waals surface area contributed by atoms with Crippen molar-refractivity contribution in [3.05, 3.63) is 40.7 Å². The van der Waals surface area contributed by atoms with Crippen molar-refractivity contribution in [3.63, 3.8) is 0 Å². The number of thiazole rings is 1. The highest BCUT2D eigenvalue weighted by Crippen LogP contribution is 2.31. The van der Waals surface area contributed by atoms with Crippen molar-refractivity contribution in [2.75, 3.05) is 13.6 Å². The molecule has 6 heteroatoms. The Balaban J connectivity index is 1.80. The summed E-state index contributed by atoms with van der Waals surface area (Å²) in [4.78, 5) is 30.6. The van der Waals surface area contributed by atoms with Crippen molar-refractivity contribution in [2.45, 2.75) is 18.8 Å². The molecule has 0 N–H and O–H groups in total. The van der Waals surface area contributed by atoms with E-state index in [0.29, 0.717) is 18.0 Å². The van der Waals surface area contributed by atoms with Crippen molar-refractivity contribution in [1.82, 2.24) is 9.88 Å². The van der Waals surface area contributed by atoms with Crippen molar-refractivity contribution in [1.29, 1.82) is 5.26 Å². The Kier molecular flexibility index (Phi) is 4.72. The molecule has 2 atom stereocenters. The van der Waals surface area contributed by atoms with E-state index in [9.17, 15) is 14.9 Å². The van der Waals surface area contributed by atoms with Crippen LogP contribution in [0.25, 0.3) is 11.3 Å². The third-order valence-electron chi connectivity index (χ3n) is 4.31. The van der Waals surface area contributed by atoms with Crippen LogP contribution >= 0.6 is 11.3 Å². The number of carbonyl (C=O) groups excluding carboxylic acids is 2. The average molecular weight is 339 g/mol. The van der Waals surface area contributed by atoms with E-state index in [1.165, 1.54) is 11.3 Å². The van der Waals surface area contributed by atoms with Crippen LogP contribution in [0.4, 0.5) is 0 Å². The van der Waals surface area contributed by atoms with Crippen molar-refractivity contribution in [2.24, 2.45) is 5.92 Å². The number of hydrogen-bond acceptors (Lipinski definition) is 5. The van der Waals surface area contributed by atoms with E-state index in [0.717, 1.165) is 11.3 Å². The number of nitrogens with zero attached hydrogens (tertiary/aromatic N) is 3. The Morgan fingerprint density at radius 1 is 1.42 bits per heavy atom. The van der Waals surface area contributed by atoms with Crippen molar-refractivity contribution >= 4 is 23.0 Å². The molecule has 0 radical (unpaired) electrons. The molecule has 3 rings (SSSR count). The number of piperidine rings is 1. The SMILES string of the molecule is CN1CC[C@@H](C(=O)[C@H](C#N)c2nc(-c3ccccc3)cs2)CC1=O. The van der Waals surface area contributed by atoms with Crippen LogP contribution in [0, 0.1) is 17.2 Å². The maximum absolute atomic E-state index is 12.7. The first kappa shape index (κ1) is 16.3.